The molecule has 0 saturated heterocycles. The maximum absolute atomic E-state index is 12.1. The minimum absolute atomic E-state index is 0. The zero-order valence-electron chi connectivity index (χ0n) is 12.6. The van der Waals surface area contributed by atoms with Gasteiger partial charge in [0.2, 0.25) is 5.91 Å². The molecule has 0 heterocycles. The van der Waals surface area contributed by atoms with Gasteiger partial charge in [0, 0.05) is 13.0 Å². The van der Waals surface area contributed by atoms with Gasteiger partial charge in [0.1, 0.15) is 0 Å². The normalized spacial score (nSPS) is 16.8. The highest BCUT2D eigenvalue weighted by Crippen LogP contribution is 2.38. The molecule has 0 atom stereocenters. The molecule has 1 aromatic rings. The molecule has 21 heavy (non-hydrogen) atoms. The van der Waals surface area contributed by atoms with Crippen LogP contribution in [0.5, 0.6) is 0 Å². The predicted molar refractivity (Wildman–Crippen MR) is 89.6 cm³/mol. The second-order valence-electron chi connectivity index (χ2n) is 6.03. The third kappa shape index (κ3) is 5.68. The van der Waals surface area contributed by atoms with E-state index >= 15 is 0 Å². The Morgan fingerprint density at radius 3 is 2.43 bits per heavy atom. The molecule has 0 aromatic heterocycles. The number of nitrogens with one attached hydrogen (secondary N) is 1. The fourth-order valence-corrected chi connectivity index (χ4v) is 3.15. The number of halogens is 1. The van der Waals surface area contributed by atoms with Crippen LogP contribution >= 0.6 is 12.4 Å². The van der Waals surface area contributed by atoms with Crippen molar-refractivity contribution in [2.75, 3.05) is 13.1 Å². The largest absolute Gasteiger partial charge is 0.356 e. The minimum Gasteiger partial charge on any atom is -0.356 e. The number of benzene rings is 1. The van der Waals surface area contributed by atoms with Gasteiger partial charge in [-0.15, -0.1) is 12.4 Å². The fraction of sp³-hybridized carbons (Fsp3) is 0.588. The van der Waals surface area contributed by atoms with Gasteiger partial charge >= 0.3 is 0 Å². The third-order valence-electron chi connectivity index (χ3n) is 4.46. The van der Waals surface area contributed by atoms with Gasteiger partial charge in [0.05, 0.1) is 0 Å². The van der Waals surface area contributed by atoms with E-state index in [2.05, 4.69) is 17.4 Å². The van der Waals surface area contributed by atoms with Crippen molar-refractivity contribution >= 4 is 18.3 Å². The van der Waals surface area contributed by atoms with E-state index < -0.39 is 0 Å². The molecule has 1 aliphatic carbocycles. The lowest BCUT2D eigenvalue weighted by atomic mass is 9.71. The Kier molecular flexibility index (Phi) is 7.76. The van der Waals surface area contributed by atoms with Gasteiger partial charge in [0.15, 0.2) is 0 Å². The average Bonchev–Trinajstić information content (AvgIpc) is 2.49. The highest BCUT2D eigenvalue weighted by molar-refractivity contribution is 5.85. The number of amides is 1. The first kappa shape index (κ1) is 18.0. The Balaban J connectivity index is 0.00000220. The summed E-state index contributed by atoms with van der Waals surface area (Å²) >= 11 is 0. The lowest BCUT2D eigenvalue weighted by molar-refractivity contribution is -0.123. The van der Waals surface area contributed by atoms with Gasteiger partial charge in [0.25, 0.3) is 0 Å². The number of nitrogens with two attached hydrogens (primary N) is 1. The van der Waals surface area contributed by atoms with E-state index in [1.54, 1.807) is 0 Å². The molecule has 3 N–H and O–H groups in total. The summed E-state index contributed by atoms with van der Waals surface area (Å²) in [6, 6.07) is 10.3. The SMILES string of the molecule is Cl.NCC1(CC(=O)NCCc2ccccc2)CCCCC1. The second kappa shape index (κ2) is 9.06. The number of carbonyl (C=O) groups is 1. The lowest BCUT2D eigenvalue weighted by Crippen LogP contribution is -2.39. The van der Waals surface area contributed by atoms with E-state index in [1.807, 2.05) is 18.2 Å². The first-order chi connectivity index (χ1) is 9.74. The van der Waals surface area contributed by atoms with Crippen molar-refractivity contribution in [2.24, 2.45) is 11.1 Å². The highest BCUT2D eigenvalue weighted by atomic mass is 35.5. The van der Waals surface area contributed by atoms with Crippen LogP contribution in [0, 0.1) is 5.41 Å². The summed E-state index contributed by atoms with van der Waals surface area (Å²) < 4.78 is 0. The minimum atomic E-state index is 0. The molecule has 1 aromatic carbocycles. The van der Waals surface area contributed by atoms with E-state index in [-0.39, 0.29) is 23.7 Å². The standard InChI is InChI=1S/C17H26N2O.ClH/c18-14-17(10-5-2-6-11-17)13-16(20)19-12-9-15-7-3-1-4-8-15;/h1,3-4,7-8H,2,5-6,9-14,18H2,(H,19,20);1H. The van der Waals surface area contributed by atoms with Crippen molar-refractivity contribution < 1.29 is 4.79 Å². The molecule has 1 aliphatic rings. The van der Waals surface area contributed by atoms with E-state index in [9.17, 15) is 4.79 Å². The third-order valence-corrected chi connectivity index (χ3v) is 4.46. The molecule has 1 saturated carbocycles. The highest BCUT2D eigenvalue weighted by Gasteiger charge is 2.32. The predicted octanol–water partition coefficient (Wildman–Crippen LogP) is 3.07. The summed E-state index contributed by atoms with van der Waals surface area (Å²) in [4.78, 5) is 12.1. The van der Waals surface area contributed by atoms with E-state index in [0.717, 1.165) is 19.3 Å². The summed E-state index contributed by atoms with van der Waals surface area (Å²) in [5.41, 5.74) is 7.25. The van der Waals surface area contributed by atoms with E-state index in [4.69, 9.17) is 5.73 Å². The van der Waals surface area contributed by atoms with Gasteiger partial charge in [-0.1, -0.05) is 49.6 Å². The Morgan fingerprint density at radius 2 is 1.81 bits per heavy atom. The zero-order valence-corrected chi connectivity index (χ0v) is 13.5. The molecule has 0 unspecified atom stereocenters. The molecule has 0 radical (unpaired) electrons. The van der Waals surface area contributed by atoms with Crippen LogP contribution in [-0.4, -0.2) is 19.0 Å². The van der Waals surface area contributed by atoms with Crippen molar-refractivity contribution in [3.8, 4) is 0 Å². The van der Waals surface area contributed by atoms with Crippen molar-refractivity contribution in [1.29, 1.82) is 0 Å². The Bertz CT molecular complexity index is 416. The monoisotopic (exact) mass is 310 g/mol. The van der Waals surface area contributed by atoms with Crippen LogP contribution < -0.4 is 11.1 Å². The Hall–Kier alpha value is -1.06. The molecule has 0 spiro atoms. The van der Waals surface area contributed by atoms with Gasteiger partial charge in [-0.05, 0) is 36.8 Å². The van der Waals surface area contributed by atoms with E-state index in [1.165, 1.54) is 24.8 Å². The van der Waals surface area contributed by atoms with Gasteiger partial charge < -0.3 is 11.1 Å². The second-order valence-corrected chi connectivity index (χ2v) is 6.03. The lowest BCUT2D eigenvalue weighted by Gasteiger charge is -2.35. The van der Waals surface area contributed by atoms with Gasteiger partial charge in [-0.25, -0.2) is 0 Å². The summed E-state index contributed by atoms with van der Waals surface area (Å²) in [5, 5.41) is 3.04. The molecular weight excluding hydrogens is 284 g/mol. The number of hydrogen-bond donors (Lipinski definition) is 2. The summed E-state index contributed by atoms with van der Waals surface area (Å²) in [6.45, 7) is 1.35. The first-order valence-corrected chi connectivity index (χ1v) is 7.75. The van der Waals surface area contributed by atoms with Crippen LogP contribution in [0.25, 0.3) is 0 Å². The topological polar surface area (TPSA) is 55.1 Å². The van der Waals surface area contributed by atoms with E-state index in [0.29, 0.717) is 19.5 Å². The number of hydrogen-bond acceptors (Lipinski definition) is 2. The molecule has 3 nitrogen and oxygen atoms in total. The van der Waals surface area contributed by atoms with Gasteiger partial charge in [-0.2, -0.15) is 0 Å². The van der Waals surface area contributed by atoms with Crippen LogP contribution in [0.15, 0.2) is 30.3 Å². The number of carbonyl (C=O) groups excluding carboxylic acids is 1. The zero-order chi connectivity index (χ0) is 14.3. The van der Waals surface area contributed by atoms with Crippen LogP contribution in [0.1, 0.15) is 44.1 Å². The number of rotatable bonds is 6. The van der Waals surface area contributed by atoms with Crippen molar-refractivity contribution in [1.82, 2.24) is 5.32 Å². The molecule has 0 bridgehead atoms. The summed E-state index contributed by atoms with van der Waals surface area (Å²) in [7, 11) is 0. The van der Waals surface area contributed by atoms with Gasteiger partial charge in [-0.3, -0.25) is 4.79 Å². The Labute approximate surface area is 134 Å². The summed E-state index contributed by atoms with van der Waals surface area (Å²) in [5.74, 6) is 0.160. The molecule has 1 amide bonds. The van der Waals surface area contributed by atoms with Crippen LogP contribution in [0.2, 0.25) is 0 Å². The van der Waals surface area contributed by atoms with Crippen molar-refractivity contribution in [2.45, 2.75) is 44.9 Å². The first-order valence-electron chi connectivity index (χ1n) is 7.75. The molecule has 4 heteroatoms. The fourth-order valence-electron chi connectivity index (χ4n) is 3.15. The van der Waals surface area contributed by atoms with Crippen LogP contribution in [-0.2, 0) is 11.2 Å². The van der Waals surface area contributed by atoms with Crippen LogP contribution in [0.3, 0.4) is 0 Å². The molecular formula is C17H27ClN2O. The maximum Gasteiger partial charge on any atom is 0.220 e. The van der Waals surface area contributed by atoms with Crippen molar-refractivity contribution in [3.63, 3.8) is 0 Å². The van der Waals surface area contributed by atoms with Crippen molar-refractivity contribution in [3.05, 3.63) is 35.9 Å². The molecule has 2 rings (SSSR count). The van der Waals surface area contributed by atoms with Crippen LogP contribution in [0.4, 0.5) is 0 Å². The molecule has 0 aliphatic heterocycles. The summed E-state index contributed by atoms with van der Waals surface area (Å²) in [6.07, 6.45) is 7.42. The average molecular weight is 311 g/mol. The smallest absolute Gasteiger partial charge is 0.220 e. The molecule has 1 fully saturated rings. The Morgan fingerprint density at radius 1 is 1.14 bits per heavy atom. The maximum atomic E-state index is 12.1. The molecule has 118 valence electrons. The quantitative estimate of drug-likeness (QED) is 0.848.